The van der Waals surface area contributed by atoms with Gasteiger partial charge < -0.3 is 4.74 Å². The lowest BCUT2D eigenvalue weighted by Crippen LogP contribution is -2.11. The highest BCUT2D eigenvalue weighted by Crippen LogP contribution is 2.14. The van der Waals surface area contributed by atoms with Crippen molar-refractivity contribution in [3.05, 3.63) is 65.2 Å². The van der Waals surface area contributed by atoms with Crippen molar-refractivity contribution >= 4 is 10.1 Å². The van der Waals surface area contributed by atoms with Crippen LogP contribution in [0.1, 0.15) is 36.0 Å². The Labute approximate surface area is 161 Å². The van der Waals surface area contributed by atoms with Crippen molar-refractivity contribution in [2.24, 2.45) is 0 Å². The van der Waals surface area contributed by atoms with E-state index >= 15 is 0 Å². The van der Waals surface area contributed by atoms with E-state index in [9.17, 15) is 12.8 Å². The molecule has 2 aromatic rings. The highest BCUT2D eigenvalue weighted by atomic mass is 32.2. The van der Waals surface area contributed by atoms with E-state index in [1.807, 2.05) is 38.1 Å². The van der Waals surface area contributed by atoms with Crippen LogP contribution in [0.25, 0.3) is 0 Å². The predicted octanol–water partition coefficient (Wildman–Crippen LogP) is 4.73. The van der Waals surface area contributed by atoms with Crippen LogP contribution in [0.4, 0.5) is 4.39 Å². The summed E-state index contributed by atoms with van der Waals surface area (Å²) >= 11 is 0. The molecule has 148 valence electrons. The second kappa shape index (κ2) is 10.5. The van der Waals surface area contributed by atoms with Crippen molar-refractivity contribution < 1.29 is 21.7 Å². The standard InChI is InChI=1S/C21H27FO4S/c1-17-6-10-19(11-7-17)15-25-16-20(22)5-3-4-14-26-27(23,24)21-12-8-18(2)9-13-21/h6-13,20H,3-5,14-16H2,1-2H3. The van der Waals surface area contributed by atoms with Crippen LogP contribution >= 0.6 is 0 Å². The van der Waals surface area contributed by atoms with Crippen LogP contribution in [-0.2, 0) is 25.6 Å². The molecule has 0 aliphatic heterocycles. The Bertz CT molecular complexity index is 786. The number of unbranched alkanes of at least 4 members (excludes halogenated alkanes) is 1. The van der Waals surface area contributed by atoms with E-state index in [1.165, 1.54) is 17.7 Å². The van der Waals surface area contributed by atoms with Crippen molar-refractivity contribution in [3.8, 4) is 0 Å². The third-order valence-electron chi connectivity index (χ3n) is 4.15. The van der Waals surface area contributed by atoms with Gasteiger partial charge in [-0.15, -0.1) is 0 Å². The molecule has 0 saturated heterocycles. The van der Waals surface area contributed by atoms with Gasteiger partial charge in [0.05, 0.1) is 24.7 Å². The summed E-state index contributed by atoms with van der Waals surface area (Å²) in [6.07, 6.45) is 0.271. The van der Waals surface area contributed by atoms with Crippen LogP contribution in [0.5, 0.6) is 0 Å². The summed E-state index contributed by atoms with van der Waals surface area (Å²) in [4.78, 5) is 0.140. The summed E-state index contributed by atoms with van der Waals surface area (Å²) in [5, 5.41) is 0. The normalized spacial score (nSPS) is 12.9. The summed E-state index contributed by atoms with van der Waals surface area (Å²) in [7, 11) is -3.74. The van der Waals surface area contributed by atoms with Gasteiger partial charge in [-0.1, -0.05) is 47.5 Å². The molecule has 6 heteroatoms. The largest absolute Gasteiger partial charge is 0.374 e. The first kappa shape index (κ1) is 21.5. The van der Waals surface area contributed by atoms with E-state index < -0.39 is 16.3 Å². The van der Waals surface area contributed by atoms with Gasteiger partial charge in [-0.05, 0) is 50.8 Å². The average molecular weight is 395 g/mol. The van der Waals surface area contributed by atoms with Crippen LogP contribution in [0.15, 0.2) is 53.4 Å². The fourth-order valence-electron chi connectivity index (χ4n) is 2.48. The van der Waals surface area contributed by atoms with Gasteiger partial charge in [-0.25, -0.2) is 4.39 Å². The first-order valence-corrected chi connectivity index (χ1v) is 10.5. The molecule has 0 aliphatic rings. The summed E-state index contributed by atoms with van der Waals surface area (Å²) in [5.74, 6) is 0. The van der Waals surface area contributed by atoms with Crippen molar-refractivity contribution in [1.82, 2.24) is 0 Å². The van der Waals surface area contributed by atoms with Gasteiger partial charge in [-0.2, -0.15) is 8.42 Å². The Morgan fingerprint density at radius 2 is 1.52 bits per heavy atom. The molecule has 2 rings (SSSR count). The maximum absolute atomic E-state index is 13.8. The molecule has 0 bridgehead atoms. The fourth-order valence-corrected chi connectivity index (χ4v) is 3.42. The van der Waals surface area contributed by atoms with Gasteiger partial charge >= 0.3 is 0 Å². The molecule has 4 nitrogen and oxygen atoms in total. The first-order valence-electron chi connectivity index (χ1n) is 9.10. The molecule has 0 N–H and O–H groups in total. The number of rotatable bonds is 11. The van der Waals surface area contributed by atoms with Crippen LogP contribution in [0.2, 0.25) is 0 Å². The summed E-state index contributed by atoms with van der Waals surface area (Å²) in [6, 6.07) is 14.4. The minimum absolute atomic E-state index is 0.0381. The second-order valence-electron chi connectivity index (χ2n) is 6.68. The molecule has 1 unspecified atom stereocenters. The average Bonchev–Trinajstić information content (AvgIpc) is 2.63. The molecule has 0 amide bonds. The molecule has 0 radical (unpaired) electrons. The molecule has 0 spiro atoms. The quantitative estimate of drug-likeness (QED) is 0.408. The zero-order valence-corrected chi connectivity index (χ0v) is 16.7. The molecule has 0 heterocycles. The van der Waals surface area contributed by atoms with Gasteiger partial charge in [0.2, 0.25) is 0 Å². The molecule has 0 saturated carbocycles. The maximum Gasteiger partial charge on any atom is 0.296 e. The number of ether oxygens (including phenoxy) is 1. The second-order valence-corrected chi connectivity index (χ2v) is 8.30. The Kier molecular flexibility index (Phi) is 8.41. The Balaban J connectivity index is 1.59. The van der Waals surface area contributed by atoms with Gasteiger partial charge in [0.25, 0.3) is 10.1 Å². The van der Waals surface area contributed by atoms with E-state index in [-0.39, 0.29) is 18.1 Å². The van der Waals surface area contributed by atoms with E-state index in [0.717, 1.165) is 11.1 Å². The molecule has 0 fully saturated rings. The summed E-state index contributed by atoms with van der Waals surface area (Å²) in [6.45, 7) is 4.37. The molecule has 0 aromatic heterocycles. The third kappa shape index (κ3) is 7.79. The number of aryl methyl sites for hydroxylation is 2. The summed E-state index contributed by atoms with van der Waals surface area (Å²) < 4.78 is 48.3. The highest BCUT2D eigenvalue weighted by Gasteiger charge is 2.14. The smallest absolute Gasteiger partial charge is 0.296 e. The number of alkyl halides is 1. The topological polar surface area (TPSA) is 52.6 Å². The molecule has 27 heavy (non-hydrogen) atoms. The van der Waals surface area contributed by atoms with Gasteiger partial charge in [-0.3, -0.25) is 4.18 Å². The zero-order chi connectivity index (χ0) is 19.7. The van der Waals surface area contributed by atoms with E-state index in [0.29, 0.717) is 25.9 Å². The Morgan fingerprint density at radius 1 is 0.926 bits per heavy atom. The first-order chi connectivity index (χ1) is 12.9. The number of benzene rings is 2. The van der Waals surface area contributed by atoms with Crippen LogP contribution in [-0.4, -0.2) is 27.8 Å². The fraction of sp³-hybridized carbons (Fsp3) is 0.429. The molecule has 0 aliphatic carbocycles. The minimum Gasteiger partial charge on any atom is -0.374 e. The van der Waals surface area contributed by atoms with Crippen molar-refractivity contribution in [2.75, 3.05) is 13.2 Å². The highest BCUT2D eigenvalue weighted by molar-refractivity contribution is 7.86. The van der Waals surface area contributed by atoms with Gasteiger partial charge in [0.1, 0.15) is 6.17 Å². The Hall–Kier alpha value is -1.76. The van der Waals surface area contributed by atoms with Crippen molar-refractivity contribution in [2.45, 2.75) is 50.8 Å². The van der Waals surface area contributed by atoms with Crippen LogP contribution in [0.3, 0.4) is 0 Å². The van der Waals surface area contributed by atoms with Crippen molar-refractivity contribution in [1.29, 1.82) is 0 Å². The lowest BCUT2D eigenvalue weighted by atomic mass is 10.1. The SMILES string of the molecule is Cc1ccc(COCC(F)CCCCOS(=O)(=O)c2ccc(C)cc2)cc1. The molecule has 1 atom stereocenters. The van der Waals surface area contributed by atoms with Crippen LogP contribution < -0.4 is 0 Å². The van der Waals surface area contributed by atoms with Crippen LogP contribution in [0, 0.1) is 13.8 Å². The molecular weight excluding hydrogens is 367 g/mol. The monoisotopic (exact) mass is 394 g/mol. The predicted molar refractivity (Wildman–Crippen MR) is 104 cm³/mol. The van der Waals surface area contributed by atoms with E-state index in [1.54, 1.807) is 12.1 Å². The van der Waals surface area contributed by atoms with Gasteiger partial charge in [0.15, 0.2) is 0 Å². The maximum atomic E-state index is 13.8. The molecule has 2 aromatic carbocycles. The zero-order valence-electron chi connectivity index (χ0n) is 15.9. The van der Waals surface area contributed by atoms with E-state index in [4.69, 9.17) is 8.92 Å². The number of hydrogen-bond donors (Lipinski definition) is 0. The van der Waals surface area contributed by atoms with Gasteiger partial charge in [0, 0.05) is 0 Å². The number of hydrogen-bond acceptors (Lipinski definition) is 4. The summed E-state index contributed by atoms with van der Waals surface area (Å²) in [5.41, 5.74) is 3.17. The van der Waals surface area contributed by atoms with E-state index in [2.05, 4.69) is 0 Å². The minimum atomic E-state index is -3.74. The van der Waals surface area contributed by atoms with Crippen molar-refractivity contribution in [3.63, 3.8) is 0 Å². The molecular formula is C21H27FO4S. The lowest BCUT2D eigenvalue weighted by molar-refractivity contribution is 0.0651. The number of halogens is 1. The lowest BCUT2D eigenvalue weighted by Gasteiger charge is -2.10. The Morgan fingerprint density at radius 3 is 2.15 bits per heavy atom. The third-order valence-corrected chi connectivity index (χ3v) is 5.47.